The zero-order valence-electron chi connectivity index (χ0n) is 14.7. The molecular weight excluding hydrogens is 350 g/mol. The number of benzene rings is 1. The molecular formula is C20H20F2N4O. The number of hydrogen-bond donors (Lipinski definition) is 3. The molecule has 1 saturated carbocycles. The molecule has 0 saturated heterocycles. The topological polar surface area (TPSA) is 69.8 Å². The maximum atomic E-state index is 14.0. The first-order valence-corrected chi connectivity index (χ1v) is 9.03. The Labute approximate surface area is 155 Å². The second kappa shape index (κ2) is 7.34. The Morgan fingerprint density at radius 3 is 2.85 bits per heavy atom. The molecule has 1 aliphatic rings. The third kappa shape index (κ3) is 4.07. The minimum absolute atomic E-state index is 0.234. The fourth-order valence-electron chi connectivity index (χ4n) is 3.06. The fourth-order valence-corrected chi connectivity index (χ4v) is 3.06. The van der Waals surface area contributed by atoms with Crippen LogP contribution in [0.15, 0.2) is 36.7 Å². The second-order valence-electron chi connectivity index (χ2n) is 6.89. The summed E-state index contributed by atoms with van der Waals surface area (Å²) in [5, 5.41) is 6.41. The third-order valence-corrected chi connectivity index (χ3v) is 4.75. The molecule has 1 amide bonds. The van der Waals surface area contributed by atoms with E-state index >= 15 is 0 Å². The largest absolute Gasteiger partial charge is 0.370 e. The summed E-state index contributed by atoms with van der Waals surface area (Å²) in [6, 6.07) is 5.64. The van der Waals surface area contributed by atoms with Crippen LogP contribution in [0.4, 0.5) is 14.6 Å². The maximum Gasteiger partial charge on any atom is 0.252 e. The minimum Gasteiger partial charge on any atom is -0.370 e. The molecule has 140 valence electrons. The van der Waals surface area contributed by atoms with E-state index in [2.05, 4.69) is 20.6 Å². The van der Waals surface area contributed by atoms with E-state index in [-0.39, 0.29) is 5.91 Å². The number of aromatic nitrogens is 2. The first kappa shape index (κ1) is 17.5. The van der Waals surface area contributed by atoms with E-state index in [9.17, 15) is 13.6 Å². The molecule has 1 aromatic carbocycles. The van der Waals surface area contributed by atoms with Crippen molar-refractivity contribution in [1.82, 2.24) is 15.3 Å². The van der Waals surface area contributed by atoms with E-state index in [1.807, 2.05) is 0 Å². The van der Waals surface area contributed by atoms with E-state index in [4.69, 9.17) is 0 Å². The van der Waals surface area contributed by atoms with Crippen LogP contribution in [0.25, 0.3) is 10.9 Å². The van der Waals surface area contributed by atoms with Gasteiger partial charge in [0, 0.05) is 36.9 Å². The summed E-state index contributed by atoms with van der Waals surface area (Å²) in [6.45, 7) is 1.26. The number of nitrogens with zero attached hydrogens (tertiary/aromatic N) is 1. The van der Waals surface area contributed by atoms with Gasteiger partial charge in [-0.1, -0.05) is 0 Å². The molecule has 2 heterocycles. The Hall–Kier alpha value is -2.96. The van der Waals surface area contributed by atoms with Crippen LogP contribution in [-0.2, 0) is 6.42 Å². The van der Waals surface area contributed by atoms with Gasteiger partial charge in [-0.3, -0.25) is 4.79 Å². The number of aromatic amines is 1. The Balaban J connectivity index is 1.33. The van der Waals surface area contributed by atoms with Crippen LogP contribution in [0.2, 0.25) is 0 Å². The summed E-state index contributed by atoms with van der Waals surface area (Å²) in [7, 11) is 0. The number of nitrogens with one attached hydrogen (secondary N) is 3. The fraction of sp³-hybridized carbons (Fsp3) is 0.300. The van der Waals surface area contributed by atoms with E-state index in [0.29, 0.717) is 35.0 Å². The van der Waals surface area contributed by atoms with Gasteiger partial charge in [0.25, 0.3) is 5.91 Å². The average molecular weight is 370 g/mol. The highest BCUT2D eigenvalue weighted by Crippen LogP contribution is 2.28. The van der Waals surface area contributed by atoms with Crippen molar-refractivity contribution in [2.24, 2.45) is 5.92 Å². The van der Waals surface area contributed by atoms with E-state index in [1.165, 1.54) is 18.9 Å². The number of carbonyl (C=O) groups excluding carboxylic acids is 1. The molecule has 1 aliphatic carbocycles. The molecule has 5 nitrogen and oxygen atoms in total. The van der Waals surface area contributed by atoms with Crippen LogP contribution in [0.3, 0.4) is 0 Å². The second-order valence-corrected chi connectivity index (χ2v) is 6.89. The van der Waals surface area contributed by atoms with Crippen molar-refractivity contribution in [3.05, 3.63) is 59.4 Å². The lowest BCUT2D eigenvalue weighted by molar-refractivity contribution is 0.0954. The summed E-state index contributed by atoms with van der Waals surface area (Å²) in [4.78, 5) is 19.3. The molecule has 0 aliphatic heterocycles. The molecule has 1 fully saturated rings. The molecule has 0 radical (unpaired) electrons. The molecule has 4 rings (SSSR count). The Morgan fingerprint density at radius 1 is 1.26 bits per heavy atom. The van der Waals surface area contributed by atoms with Crippen molar-refractivity contribution >= 4 is 22.6 Å². The van der Waals surface area contributed by atoms with Crippen molar-refractivity contribution in [3.8, 4) is 0 Å². The van der Waals surface area contributed by atoms with Gasteiger partial charge in [-0.05, 0) is 48.9 Å². The van der Waals surface area contributed by atoms with Crippen molar-refractivity contribution < 1.29 is 13.6 Å². The highest BCUT2D eigenvalue weighted by molar-refractivity contribution is 5.94. The van der Waals surface area contributed by atoms with Crippen LogP contribution in [0.5, 0.6) is 0 Å². The van der Waals surface area contributed by atoms with Gasteiger partial charge in [-0.15, -0.1) is 0 Å². The van der Waals surface area contributed by atoms with Gasteiger partial charge in [0.05, 0.1) is 11.1 Å². The summed E-state index contributed by atoms with van der Waals surface area (Å²) < 4.78 is 27.2. The highest BCUT2D eigenvalue weighted by atomic mass is 19.1. The van der Waals surface area contributed by atoms with Gasteiger partial charge in [-0.2, -0.15) is 0 Å². The van der Waals surface area contributed by atoms with Gasteiger partial charge in [0.1, 0.15) is 17.5 Å². The number of amides is 1. The number of halogens is 2. The lowest BCUT2D eigenvalue weighted by Crippen LogP contribution is -2.25. The van der Waals surface area contributed by atoms with Crippen LogP contribution in [0, 0.1) is 17.6 Å². The lowest BCUT2D eigenvalue weighted by Gasteiger charge is -2.07. The minimum atomic E-state index is -0.621. The average Bonchev–Trinajstić information content (AvgIpc) is 3.40. The SMILES string of the molecule is O=C(NCCc1c[nH]c2cc(F)cc(F)c12)c1ccc(NCC2CC2)nc1. The number of carbonyl (C=O) groups is 1. The molecule has 3 N–H and O–H groups in total. The number of anilines is 1. The number of rotatable bonds is 7. The Bertz CT molecular complexity index is 964. The monoisotopic (exact) mass is 370 g/mol. The van der Waals surface area contributed by atoms with Crippen molar-refractivity contribution in [3.63, 3.8) is 0 Å². The van der Waals surface area contributed by atoms with Crippen molar-refractivity contribution in [2.45, 2.75) is 19.3 Å². The van der Waals surface area contributed by atoms with E-state index in [1.54, 1.807) is 24.5 Å². The molecule has 0 atom stereocenters. The normalized spacial score (nSPS) is 13.7. The first-order chi connectivity index (χ1) is 13.1. The smallest absolute Gasteiger partial charge is 0.252 e. The number of H-pyrrole nitrogens is 1. The zero-order valence-corrected chi connectivity index (χ0v) is 14.7. The Kier molecular flexibility index (Phi) is 4.75. The first-order valence-electron chi connectivity index (χ1n) is 9.03. The van der Waals surface area contributed by atoms with Gasteiger partial charge >= 0.3 is 0 Å². The lowest BCUT2D eigenvalue weighted by atomic mass is 10.1. The molecule has 0 bridgehead atoms. The van der Waals surface area contributed by atoms with Gasteiger partial charge in [-0.25, -0.2) is 13.8 Å². The third-order valence-electron chi connectivity index (χ3n) is 4.75. The van der Waals surface area contributed by atoms with Crippen LogP contribution >= 0.6 is 0 Å². The van der Waals surface area contributed by atoms with E-state index in [0.717, 1.165) is 24.3 Å². The molecule has 27 heavy (non-hydrogen) atoms. The van der Waals surface area contributed by atoms with Gasteiger partial charge in [0.2, 0.25) is 0 Å². The van der Waals surface area contributed by atoms with Crippen LogP contribution in [0.1, 0.15) is 28.8 Å². The van der Waals surface area contributed by atoms with E-state index < -0.39 is 11.6 Å². The zero-order chi connectivity index (χ0) is 18.8. The predicted octanol–water partition coefficient (Wildman–Crippen LogP) is 3.64. The number of fused-ring (bicyclic) bond motifs is 1. The highest BCUT2D eigenvalue weighted by Gasteiger charge is 2.20. The summed E-state index contributed by atoms with van der Waals surface area (Å²) in [6.07, 6.45) is 6.15. The van der Waals surface area contributed by atoms with Crippen LogP contribution in [-0.4, -0.2) is 29.0 Å². The Morgan fingerprint density at radius 2 is 2.11 bits per heavy atom. The van der Waals surface area contributed by atoms with Crippen molar-refractivity contribution in [2.75, 3.05) is 18.4 Å². The number of hydrogen-bond acceptors (Lipinski definition) is 3. The maximum absolute atomic E-state index is 14.0. The molecule has 0 spiro atoms. The molecule has 7 heteroatoms. The van der Waals surface area contributed by atoms with Gasteiger partial charge < -0.3 is 15.6 Å². The molecule has 3 aromatic rings. The molecule has 0 unspecified atom stereocenters. The van der Waals surface area contributed by atoms with Crippen molar-refractivity contribution in [1.29, 1.82) is 0 Å². The quantitative estimate of drug-likeness (QED) is 0.595. The van der Waals surface area contributed by atoms with Gasteiger partial charge in [0.15, 0.2) is 0 Å². The summed E-state index contributed by atoms with van der Waals surface area (Å²) in [5.74, 6) is 0.0542. The summed E-state index contributed by atoms with van der Waals surface area (Å²) in [5.41, 5.74) is 1.58. The molecule has 2 aromatic heterocycles. The standard InChI is InChI=1S/C20H20F2N4O/c21-15-7-16(22)19-13(10-24-17(19)8-15)5-6-23-20(27)14-3-4-18(26-11-14)25-9-12-1-2-12/h3-4,7-8,10-12,24H,1-2,5-6,9H2,(H,23,27)(H,25,26). The summed E-state index contributed by atoms with van der Waals surface area (Å²) >= 11 is 0. The number of pyridine rings is 1. The van der Waals surface area contributed by atoms with Crippen LogP contribution < -0.4 is 10.6 Å². The predicted molar refractivity (Wildman–Crippen MR) is 99.7 cm³/mol.